The van der Waals surface area contributed by atoms with E-state index in [4.69, 9.17) is 4.43 Å². The van der Waals surface area contributed by atoms with E-state index in [0.717, 1.165) is 0 Å². The van der Waals surface area contributed by atoms with E-state index < -0.39 is 25.0 Å². The van der Waals surface area contributed by atoms with Crippen LogP contribution in [-0.4, -0.2) is 32.2 Å². The zero-order chi connectivity index (χ0) is 17.5. The molecule has 0 bridgehead atoms. The van der Waals surface area contributed by atoms with Crippen LogP contribution in [0.2, 0.25) is 18.1 Å². The third-order valence-electron chi connectivity index (χ3n) is 4.97. The van der Waals surface area contributed by atoms with Crippen molar-refractivity contribution < 1.29 is 13.7 Å². The van der Waals surface area contributed by atoms with E-state index in [9.17, 15) is 10.1 Å². The van der Waals surface area contributed by atoms with E-state index >= 15 is 4.39 Å². The fourth-order valence-electron chi connectivity index (χ4n) is 2.64. The van der Waals surface area contributed by atoms with Gasteiger partial charge in [-0.05, 0) is 18.1 Å². The van der Waals surface area contributed by atoms with Crippen LogP contribution in [0.1, 0.15) is 32.3 Å². The van der Waals surface area contributed by atoms with Gasteiger partial charge in [-0.1, -0.05) is 39.0 Å². The number of halogens is 1. The van der Waals surface area contributed by atoms with Crippen LogP contribution in [0, 0.1) is 10.1 Å². The molecule has 1 saturated heterocycles. The molecule has 1 aliphatic heterocycles. The maximum absolute atomic E-state index is 15.7. The maximum Gasteiger partial charge on any atom is 0.273 e. The topological polar surface area (TPSA) is 64.4 Å². The predicted octanol–water partition coefficient (Wildman–Crippen LogP) is 3.97. The molecule has 5 nitrogen and oxygen atoms in total. The summed E-state index contributed by atoms with van der Waals surface area (Å²) in [5.74, 6) is -2.60. The Morgan fingerprint density at radius 3 is 2.57 bits per heavy atom. The van der Waals surface area contributed by atoms with Crippen molar-refractivity contribution in [3.05, 3.63) is 39.9 Å². The Morgan fingerprint density at radius 1 is 1.39 bits per heavy atom. The lowest BCUT2D eigenvalue weighted by Gasteiger charge is -2.42. The van der Waals surface area contributed by atoms with Crippen LogP contribution in [0.4, 0.5) is 10.1 Å². The first-order valence-corrected chi connectivity index (χ1v) is 10.7. The number of hydrogen-bond donors (Lipinski definition) is 1. The smallest absolute Gasteiger partial charge is 0.273 e. The molecule has 2 unspecified atom stereocenters. The lowest BCUT2D eigenvalue weighted by molar-refractivity contribution is -0.386. The van der Waals surface area contributed by atoms with Gasteiger partial charge in [0.2, 0.25) is 5.85 Å². The predicted molar refractivity (Wildman–Crippen MR) is 90.8 cm³/mol. The number of rotatable bonds is 4. The fourth-order valence-corrected chi connectivity index (χ4v) is 4.01. The van der Waals surface area contributed by atoms with E-state index in [-0.39, 0.29) is 17.3 Å². The first-order valence-electron chi connectivity index (χ1n) is 7.81. The molecule has 7 heteroatoms. The van der Waals surface area contributed by atoms with Gasteiger partial charge in [-0.15, -0.1) is 0 Å². The summed E-state index contributed by atoms with van der Waals surface area (Å²) in [5.41, 5.74) is 0.339. The minimum absolute atomic E-state index is 0.0518. The number of alkyl halides is 1. The molecule has 1 aliphatic rings. The number of hydrogen-bond acceptors (Lipinski definition) is 4. The largest absolute Gasteiger partial charge is 0.385 e. The maximum atomic E-state index is 15.7. The number of nitro benzene ring substituents is 1. The SMILES string of the molecule is CC(C)(C)[Si](C)(C)OC1(F)CNCC1c1ccccc1[N+](=O)[O-]. The van der Waals surface area contributed by atoms with Gasteiger partial charge >= 0.3 is 0 Å². The van der Waals surface area contributed by atoms with Crippen molar-refractivity contribution in [2.45, 2.75) is 50.7 Å². The van der Waals surface area contributed by atoms with Crippen LogP contribution in [-0.2, 0) is 4.43 Å². The summed E-state index contributed by atoms with van der Waals surface area (Å²) in [6, 6.07) is 6.34. The van der Waals surface area contributed by atoms with E-state index in [2.05, 4.69) is 5.32 Å². The van der Waals surface area contributed by atoms with Crippen LogP contribution >= 0.6 is 0 Å². The lowest BCUT2D eigenvalue weighted by Crippen LogP contribution is -2.50. The molecule has 1 fully saturated rings. The second-order valence-corrected chi connectivity index (χ2v) is 12.4. The molecule has 0 spiro atoms. The highest BCUT2D eigenvalue weighted by molar-refractivity contribution is 6.74. The van der Waals surface area contributed by atoms with Crippen molar-refractivity contribution in [3.63, 3.8) is 0 Å². The molecular formula is C16H25FN2O3Si. The van der Waals surface area contributed by atoms with Gasteiger partial charge < -0.3 is 9.74 Å². The molecule has 2 rings (SSSR count). The van der Waals surface area contributed by atoms with E-state index in [1.165, 1.54) is 6.07 Å². The standard InChI is InChI=1S/C16H25FN2O3Si/c1-15(2,3)23(4,5)22-16(17)11-18-10-13(16)12-8-6-7-9-14(12)19(20)21/h6-9,13,18H,10-11H2,1-5H3. The van der Waals surface area contributed by atoms with Gasteiger partial charge in [-0.3, -0.25) is 10.1 Å². The first kappa shape index (κ1) is 18.0. The molecule has 1 heterocycles. The second kappa shape index (κ2) is 5.96. The Kier molecular flexibility index (Phi) is 4.67. The molecule has 0 aliphatic carbocycles. The van der Waals surface area contributed by atoms with Crippen LogP contribution in [0.3, 0.4) is 0 Å². The summed E-state index contributed by atoms with van der Waals surface area (Å²) >= 11 is 0. The van der Waals surface area contributed by atoms with Gasteiger partial charge in [0.05, 0.1) is 17.4 Å². The average molecular weight is 340 g/mol. The zero-order valence-electron chi connectivity index (χ0n) is 14.4. The summed E-state index contributed by atoms with van der Waals surface area (Å²) in [6.07, 6.45) is 0. The third-order valence-corrected chi connectivity index (χ3v) is 9.44. The van der Waals surface area contributed by atoms with Crippen LogP contribution in [0.15, 0.2) is 24.3 Å². The van der Waals surface area contributed by atoms with Gasteiger partial charge in [-0.25, -0.2) is 4.39 Å². The van der Waals surface area contributed by atoms with E-state index in [1.807, 2.05) is 33.9 Å². The summed E-state index contributed by atoms with van der Waals surface area (Å²) in [7, 11) is -2.35. The Morgan fingerprint density at radius 2 is 2.00 bits per heavy atom. The Hall–Kier alpha value is -1.31. The Balaban J connectivity index is 2.39. The van der Waals surface area contributed by atoms with E-state index in [0.29, 0.717) is 12.1 Å². The summed E-state index contributed by atoms with van der Waals surface area (Å²) < 4.78 is 21.7. The third kappa shape index (κ3) is 3.46. The van der Waals surface area contributed by atoms with Crippen molar-refractivity contribution in [2.75, 3.05) is 13.1 Å². The van der Waals surface area contributed by atoms with Crippen molar-refractivity contribution in [2.24, 2.45) is 0 Å². The second-order valence-electron chi connectivity index (χ2n) is 7.65. The molecule has 23 heavy (non-hydrogen) atoms. The molecule has 0 aromatic heterocycles. The number of benzene rings is 1. The highest BCUT2D eigenvalue weighted by Gasteiger charge is 2.53. The average Bonchev–Trinajstić information content (AvgIpc) is 2.77. The molecule has 2 atom stereocenters. The number of nitrogens with zero attached hydrogens (tertiary/aromatic N) is 1. The molecule has 1 N–H and O–H groups in total. The quantitative estimate of drug-likeness (QED) is 0.512. The number of nitro groups is 1. The van der Waals surface area contributed by atoms with Crippen molar-refractivity contribution in [3.8, 4) is 0 Å². The highest BCUT2D eigenvalue weighted by Crippen LogP contribution is 2.46. The van der Waals surface area contributed by atoms with Gasteiger partial charge in [0.1, 0.15) is 0 Å². The molecule has 1 aromatic carbocycles. The minimum Gasteiger partial charge on any atom is -0.385 e. The minimum atomic E-state index is -2.35. The summed E-state index contributed by atoms with van der Waals surface area (Å²) in [5, 5.41) is 14.1. The monoisotopic (exact) mass is 340 g/mol. The molecule has 0 saturated carbocycles. The fraction of sp³-hybridized carbons (Fsp3) is 0.625. The van der Waals surface area contributed by atoms with Crippen molar-refractivity contribution in [1.29, 1.82) is 0 Å². The van der Waals surface area contributed by atoms with Gasteiger partial charge in [0.15, 0.2) is 8.32 Å². The Labute approximate surface area is 137 Å². The molecule has 0 amide bonds. The highest BCUT2D eigenvalue weighted by atomic mass is 28.4. The lowest BCUT2D eigenvalue weighted by atomic mass is 9.93. The summed E-state index contributed by atoms with van der Waals surface area (Å²) in [6.45, 7) is 10.5. The van der Waals surface area contributed by atoms with Gasteiger partial charge in [0.25, 0.3) is 5.69 Å². The normalized spacial score (nSPS) is 25.6. The Bertz CT molecular complexity index is 603. The van der Waals surface area contributed by atoms with Crippen LogP contribution in [0.5, 0.6) is 0 Å². The molecular weight excluding hydrogens is 315 g/mol. The zero-order valence-corrected chi connectivity index (χ0v) is 15.4. The van der Waals surface area contributed by atoms with Gasteiger partial charge in [-0.2, -0.15) is 0 Å². The summed E-state index contributed by atoms with van der Waals surface area (Å²) in [4.78, 5) is 10.8. The van der Waals surface area contributed by atoms with E-state index in [1.54, 1.807) is 18.2 Å². The molecule has 128 valence electrons. The molecule has 0 radical (unpaired) electrons. The van der Waals surface area contributed by atoms with Gasteiger partial charge in [0, 0.05) is 18.2 Å². The number of nitrogens with one attached hydrogen (secondary N) is 1. The molecule has 1 aromatic rings. The first-order chi connectivity index (χ1) is 10.5. The van der Waals surface area contributed by atoms with Crippen LogP contribution in [0.25, 0.3) is 0 Å². The number of para-hydroxylation sites is 1. The van der Waals surface area contributed by atoms with Crippen molar-refractivity contribution >= 4 is 14.0 Å². The van der Waals surface area contributed by atoms with Crippen molar-refractivity contribution in [1.82, 2.24) is 5.32 Å². The van der Waals surface area contributed by atoms with Crippen LogP contribution < -0.4 is 5.32 Å².